The van der Waals surface area contributed by atoms with Crippen molar-refractivity contribution in [3.63, 3.8) is 0 Å². The molecule has 0 aliphatic heterocycles. The second-order valence-corrected chi connectivity index (χ2v) is 7.56. The van der Waals surface area contributed by atoms with Crippen LogP contribution in [0.4, 0.5) is 0 Å². The lowest BCUT2D eigenvalue weighted by atomic mass is 9.85. The minimum Gasteiger partial charge on any atom is -0.252 e. The monoisotopic (exact) mass is 255 g/mol. The van der Waals surface area contributed by atoms with Crippen LogP contribution < -0.4 is 0 Å². The summed E-state index contributed by atoms with van der Waals surface area (Å²) in [5, 5.41) is 1.28. The van der Waals surface area contributed by atoms with E-state index in [-0.39, 0.29) is 10.8 Å². The fourth-order valence-electron chi connectivity index (χ4n) is 2.24. The predicted molar refractivity (Wildman–Crippen MR) is 83.9 cm³/mol. The molecule has 0 saturated heterocycles. The predicted octanol–water partition coefficient (Wildman–Crippen LogP) is 5.14. The third-order valence-corrected chi connectivity index (χ3v) is 3.65. The molecule has 19 heavy (non-hydrogen) atoms. The van der Waals surface area contributed by atoms with Crippen molar-refractivity contribution in [3.05, 3.63) is 41.1 Å². The first-order chi connectivity index (χ1) is 8.59. The zero-order chi connectivity index (χ0) is 14.4. The Balaban J connectivity index is 2.67. The van der Waals surface area contributed by atoms with E-state index in [1.54, 1.807) is 0 Å². The van der Waals surface area contributed by atoms with Gasteiger partial charge in [-0.1, -0.05) is 47.6 Å². The summed E-state index contributed by atoms with van der Waals surface area (Å²) in [5.74, 6) is 0. The van der Waals surface area contributed by atoms with E-state index in [0.717, 1.165) is 5.52 Å². The number of fused-ring (bicyclic) bond motifs is 1. The molecule has 0 aliphatic carbocycles. The molecule has 0 amide bonds. The van der Waals surface area contributed by atoms with E-state index in [1.807, 2.05) is 0 Å². The summed E-state index contributed by atoms with van der Waals surface area (Å²) in [7, 11) is 0. The summed E-state index contributed by atoms with van der Waals surface area (Å²) in [6, 6.07) is 8.90. The normalized spacial score (nSPS) is 13.0. The number of aromatic nitrogens is 1. The number of benzene rings is 1. The molecule has 0 spiro atoms. The Hall–Kier alpha value is -1.37. The molecule has 0 saturated carbocycles. The summed E-state index contributed by atoms with van der Waals surface area (Å²) >= 11 is 0. The fraction of sp³-hybridized carbons (Fsp3) is 0.500. The van der Waals surface area contributed by atoms with Crippen LogP contribution in [0.5, 0.6) is 0 Å². The van der Waals surface area contributed by atoms with Gasteiger partial charge in [0.05, 0.1) is 5.52 Å². The van der Waals surface area contributed by atoms with E-state index in [2.05, 4.69) is 72.7 Å². The van der Waals surface area contributed by atoms with E-state index in [0.29, 0.717) is 0 Å². The molecule has 0 atom stereocenters. The van der Waals surface area contributed by atoms with Gasteiger partial charge >= 0.3 is 0 Å². The Morgan fingerprint density at radius 2 is 1.47 bits per heavy atom. The van der Waals surface area contributed by atoms with E-state index >= 15 is 0 Å². The van der Waals surface area contributed by atoms with Crippen LogP contribution >= 0.6 is 0 Å². The molecule has 0 bridgehead atoms. The smallest absolute Gasteiger partial charge is 0.0708 e. The summed E-state index contributed by atoms with van der Waals surface area (Å²) in [6.07, 6.45) is 0. The molecule has 102 valence electrons. The quantitative estimate of drug-likeness (QED) is 0.635. The second-order valence-electron chi connectivity index (χ2n) is 7.56. The molecule has 0 aliphatic rings. The van der Waals surface area contributed by atoms with Crippen LogP contribution in [0.2, 0.25) is 0 Å². The van der Waals surface area contributed by atoms with Crippen molar-refractivity contribution >= 4 is 10.9 Å². The molecule has 0 N–H and O–H groups in total. The molecular formula is C18H25N. The standard InChI is InChI=1S/C18H25N/c1-12-10-16(18(5,6)7)19-15-9-8-13(11-14(12)15)17(2,3)4/h8-11H,1-7H3. The van der Waals surface area contributed by atoms with Crippen molar-refractivity contribution in [2.45, 2.75) is 59.3 Å². The number of aryl methyl sites for hydroxylation is 1. The fourth-order valence-corrected chi connectivity index (χ4v) is 2.24. The van der Waals surface area contributed by atoms with Crippen molar-refractivity contribution in [2.75, 3.05) is 0 Å². The number of hydrogen-bond donors (Lipinski definition) is 0. The van der Waals surface area contributed by atoms with Gasteiger partial charge in [-0.15, -0.1) is 0 Å². The van der Waals surface area contributed by atoms with E-state index in [9.17, 15) is 0 Å². The van der Waals surface area contributed by atoms with Crippen LogP contribution in [0.15, 0.2) is 24.3 Å². The van der Waals surface area contributed by atoms with Crippen molar-refractivity contribution in [3.8, 4) is 0 Å². The Labute approximate surface area is 117 Å². The first-order valence-corrected chi connectivity index (χ1v) is 7.01. The second kappa shape index (κ2) is 4.33. The van der Waals surface area contributed by atoms with Gasteiger partial charge in [0.1, 0.15) is 0 Å². The van der Waals surface area contributed by atoms with Crippen molar-refractivity contribution < 1.29 is 0 Å². The maximum atomic E-state index is 4.83. The van der Waals surface area contributed by atoms with Crippen LogP contribution in [-0.2, 0) is 10.8 Å². The highest BCUT2D eigenvalue weighted by Crippen LogP contribution is 2.29. The Morgan fingerprint density at radius 1 is 0.842 bits per heavy atom. The lowest BCUT2D eigenvalue weighted by Crippen LogP contribution is -2.14. The molecule has 1 nitrogen and oxygen atoms in total. The van der Waals surface area contributed by atoms with Gasteiger partial charge in [0.25, 0.3) is 0 Å². The number of nitrogens with zero attached hydrogens (tertiary/aromatic N) is 1. The molecule has 0 unspecified atom stereocenters. The topological polar surface area (TPSA) is 12.9 Å². The van der Waals surface area contributed by atoms with Gasteiger partial charge in [0, 0.05) is 16.5 Å². The maximum Gasteiger partial charge on any atom is 0.0708 e. The van der Waals surface area contributed by atoms with Crippen molar-refractivity contribution in [2.24, 2.45) is 0 Å². The van der Waals surface area contributed by atoms with Crippen molar-refractivity contribution in [1.82, 2.24) is 4.98 Å². The molecule has 2 aromatic rings. The maximum absolute atomic E-state index is 4.83. The molecule has 2 rings (SSSR count). The largest absolute Gasteiger partial charge is 0.252 e. The van der Waals surface area contributed by atoms with Gasteiger partial charge in [0.15, 0.2) is 0 Å². The molecule has 1 heterocycles. The average molecular weight is 255 g/mol. The van der Waals surface area contributed by atoms with Crippen LogP contribution in [0.1, 0.15) is 58.4 Å². The Morgan fingerprint density at radius 3 is 2.00 bits per heavy atom. The molecular weight excluding hydrogens is 230 g/mol. The van der Waals surface area contributed by atoms with Gasteiger partial charge in [-0.05, 0) is 41.7 Å². The summed E-state index contributed by atoms with van der Waals surface area (Å²) < 4.78 is 0. The highest BCUT2D eigenvalue weighted by Gasteiger charge is 2.18. The van der Waals surface area contributed by atoms with Crippen molar-refractivity contribution in [1.29, 1.82) is 0 Å². The van der Waals surface area contributed by atoms with Gasteiger partial charge in [0.2, 0.25) is 0 Å². The number of pyridine rings is 1. The highest BCUT2D eigenvalue weighted by molar-refractivity contribution is 5.83. The third-order valence-electron chi connectivity index (χ3n) is 3.65. The molecule has 0 fully saturated rings. The lowest BCUT2D eigenvalue weighted by Gasteiger charge is -2.22. The zero-order valence-corrected chi connectivity index (χ0v) is 13.3. The van der Waals surface area contributed by atoms with E-state index in [4.69, 9.17) is 4.98 Å². The summed E-state index contributed by atoms with van der Waals surface area (Å²) in [5.41, 5.74) is 5.25. The number of hydrogen-bond acceptors (Lipinski definition) is 1. The van der Waals surface area contributed by atoms with Gasteiger partial charge in [-0.25, -0.2) is 0 Å². The zero-order valence-electron chi connectivity index (χ0n) is 13.3. The summed E-state index contributed by atoms with van der Waals surface area (Å²) in [4.78, 5) is 4.83. The van der Waals surface area contributed by atoms with Crippen LogP contribution in [0.3, 0.4) is 0 Å². The number of rotatable bonds is 0. The molecule has 1 aromatic heterocycles. The van der Waals surface area contributed by atoms with E-state index in [1.165, 1.54) is 22.2 Å². The Kier molecular flexibility index (Phi) is 3.20. The first-order valence-electron chi connectivity index (χ1n) is 7.01. The van der Waals surface area contributed by atoms with Crippen LogP contribution in [-0.4, -0.2) is 4.98 Å². The Bertz CT molecular complexity index is 610. The SMILES string of the molecule is Cc1cc(C(C)(C)C)nc2ccc(C(C)(C)C)cc12. The van der Waals surface area contributed by atoms with Gasteiger partial charge < -0.3 is 0 Å². The van der Waals surface area contributed by atoms with Crippen LogP contribution in [0, 0.1) is 6.92 Å². The molecule has 1 aromatic carbocycles. The van der Waals surface area contributed by atoms with Crippen LogP contribution in [0.25, 0.3) is 10.9 Å². The minimum atomic E-state index is 0.0989. The molecule has 0 radical (unpaired) electrons. The first kappa shape index (κ1) is 14.0. The third kappa shape index (κ3) is 2.80. The average Bonchev–Trinajstić information content (AvgIpc) is 2.26. The van der Waals surface area contributed by atoms with Gasteiger partial charge in [-0.2, -0.15) is 0 Å². The van der Waals surface area contributed by atoms with E-state index < -0.39 is 0 Å². The molecule has 1 heteroatoms. The summed E-state index contributed by atoms with van der Waals surface area (Å²) in [6.45, 7) is 15.6. The highest BCUT2D eigenvalue weighted by atomic mass is 14.7. The van der Waals surface area contributed by atoms with Gasteiger partial charge in [-0.3, -0.25) is 4.98 Å². The lowest BCUT2D eigenvalue weighted by molar-refractivity contribution is 0.570. The minimum absolute atomic E-state index is 0.0989.